The van der Waals surface area contributed by atoms with Crippen molar-refractivity contribution < 1.29 is 26.7 Å². The van der Waals surface area contributed by atoms with E-state index in [1.165, 1.54) is 0 Å². The van der Waals surface area contributed by atoms with E-state index in [-0.39, 0.29) is 6.07 Å². The number of hydrogen-bond donors (Lipinski definition) is 0. The van der Waals surface area contributed by atoms with Gasteiger partial charge in [0.15, 0.2) is 17.4 Å². The first-order valence-corrected chi connectivity index (χ1v) is 5.04. The van der Waals surface area contributed by atoms with Gasteiger partial charge in [0, 0.05) is 12.1 Å². The van der Waals surface area contributed by atoms with Crippen LogP contribution in [0.15, 0.2) is 30.3 Å². The lowest BCUT2D eigenvalue weighted by Crippen LogP contribution is -2.08. The fourth-order valence-electron chi connectivity index (χ4n) is 1.52. The molecule has 6 heteroatoms. The first-order valence-electron chi connectivity index (χ1n) is 5.04. The monoisotopic (exact) mass is 272 g/mol. The maximum absolute atomic E-state index is 13.4. The van der Waals surface area contributed by atoms with E-state index >= 15 is 0 Å². The van der Waals surface area contributed by atoms with E-state index < -0.39 is 46.0 Å². The minimum Gasteiger partial charge on any atom is -0.288 e. The van der Waals surface area contributed by atoms with Crippen molar-refractivity contribution in [1.29, 1.82) is 0 Å². The summed E-state index contributed by atoms with van der Waals surface area (Å²) in [7, 11) is 0. The number of rotatable bonds is 2. The highest BCUT2D eigenvalue weighted by Crippen LogP contribution is 2.19. The van der Waals surface area contributed by atoms with Crippen molar-refractivity contribution in [1.82, 2.24) is 0 Å². The standard InChI is InChI=1S/C13H5F5O/c14-6-1-2-7(9(15)3-6)13(19)8-4-11(17)12(18)5-10(8)16/h1-5H. The molecule has 98 valence electrons. The van der Waals surface area contributed by atoms with E-state index in [1.807, 2.05) is 0 Å². The third-order valence-corrected chi connectivity index (χ3v) is 2.43. The molecule has 0 aliphatic carbocycles. The van der Waals surface area contributed by atoms with Gasteiger partial charge in [-0.2, -0.15) is 0 Å². The van der Waals surface area contributed by atoms with Gasteiger partial charge >= 0.3 is 0 Å². The first kappa shape index (κ1) is 13.2. The fourth-order valence-corrected chi connectivity index (χ4v) is 1.52. The number of ketones is 1. The SMILES string of the molecule is O=C(c1ccc(F)cc1F)c1cc(F)c(F)cc1F. The fraction of sp³-hybridized carbons (Fsp3) is 0. The van der Waals surface area contributed by atoms with E-state index in [2.05, 4.69) is 0 Å². The molecule has 0 atom stereocenters. The summed E-state index contributed by atoms with van der Waals surface area (Å²) in [6, 6.07) is 2.55. The Bertz CT molecular complexity index is 666. The molecule has 0 aromatic heterocycles. The summed E-state index contributed by atoms with van der Waals surface area (Å²) < 4.78 is 65.0. The highest BCUT2D eigenvalue weighted by Gasteiger charge is 2.20. The van der Waals surface area contributed by atoms with Crippen LogP contribution in [0.3, 0.4) is 0 Å². The summed E-state index contributed by atoms with van der Waals surface area (Å²) in [5.41, 5.74) is -1.46. The van der Waals surface area contributed by atoms with Crippen LogP contribution >= 0.6 is 0 Å². The maximum Gasteiger partial charge on any atom is 0.199 e. The Balaban J connectivity index is 2.53. The van der Waals surface area contributed by atoms with Crippen LogP contribution in [0.4, 0.5) is 22.0 Å². The van der Waals surface area contributed by atoms with Crippen molar-refractivity contribution in [2.24, 2.45) is 0 Å². The second-order valence-corrected chi connectivity index (χ2v) is 3.70. The van der Waals surface area contributed by atoms with Gasteiger partial charge in [-0.05, 0) is 18.2 Å². The molecule has 19 heavy (non-hydrogen) atoms. The van der Waals surface area contributed by atoms with Crippen molar-refractivity contribution in [2.75, 3.05) is 0 Å². The Morgan fingerprint density at radius 3 is 1.89 bits per heavy atom. The number of carbonyl (C=O) groups is 1. The largest absolute Gasteiger partial charge is 0.288 e. The minimum absolute atomic E-state index is 0.185. The lowest BCUT2D eigenvalue weighted by molar-refractivity contribution is 0.103. The molecule has 1 nitrogen and oxygen atoms in total. The number of hydrogen-bond acceptors (Lipinski definition) is 1. The Morgan fingerprint density at radius 2 is 1.26 bits per heavy atom. The van der Waals surface area contributed by atoms with Gasteiger partial charge < -0.3 is 0 Å². The highest BCUT2D eigenvalue weighted by molar-refractivity contribution is 6.09. The van der Waals surface area contributed by atoms with Crippen molar-refractivity contribution >= 4 is 5.78 Å². The summed E-state index contributed by atoms with van der Waals surface area (Å²) >= 11 is 0. The molecule has 2 aromatic rings. The Hall–Kier alpha value is -2.24. The molecular weight excluding hydrogens is 267 g/mol. The average Bonchev–Trinajstić information content (AvgIpc) is 2.33. The smallest absolute Gasteiger partial charge is 0.199 e. The van der Waals surface area contributed by atoms with E-state index in [0.717, 1.165) is 12.1 Å². The molecule has 0 radical (unpaired) electrons. The van der Waals surface area contributed by atoms with Crippen LogP contribution in [0.25, 0.3) is 0 Å². The van der Waals surface area contributed by atoms with Gasteiger partial charge in [0.2, 0.25) is 0 Å². The van der Waals surface area contributed by atoms with Gasteiger partial charge in [-0.15, -0.1) is 0 Å². The van der Waals surface area contributed by atoms with Crippen molar-refractivity contribution in [3.63, 3.8) is 0 Å². The predicted molar refractivity (Wildman–Crippen MR) is 56.1 cm³/mol. The van der Waals surface area contributed by atoms with Gasteiger partial charge in [0.05, 0.1) is 11.1 Å². The third-order valence-electron chi connectivity index (χ3n) is 2.43. The van der Waals surface area contributed by atoms with Gasteiger partial charge in [-0.1, -0.05) is 0 Å². The first-order chi connectivity index (χ1) is 8.90. The van der Waals surface area contributed by atoms with Crippen molar-refractivity contribution in [2.45, 2.75) is 0 Å². The van der Waals surface area contributed by atoms with Crippen LogP contribution in [-0.2, 0) is 0 Å². The molecule has 2 aromatic carbocycles. The van der Waals surface area contributed by atoms with Gasteiger partial charge in [0.1, 0.15) is 17.5 Å². The van der Waals surface area contributed by atoms with Gasteiger partial charge in [-0.25, -0.2) is 22.0 Å². The molecule has 0 saturated carbocycles. The predicted octanol–water partition coefficient (Wildman–Crippen LogP) is 3.61. The molecule has 0 aliphatic rings. The Labute approximate surface area is 104 Å². The zero-order valence-electron chi connectivity index (χ0n) is 9.18. The molecule has 0 fully saturated rings. The Morgan fingerprint density at radius 1 is 0.684 bits per heavy atom. The molecule has 2 rings (SSSR count). The second-order valence-electron chi connectivity index (χ2n) is 3.70. The Kier molecular flexibility index (Phi) is 3.33. The lowest BCUT2D eigenvalue weighted by atomic mass is 10.0. The average molecular weight is 272 g/mol. The maximum atomic E-state index is 13.4. The lowest BCUT2D eigenvalue weighted by Gasteiger charge is -2.05. The zero-order valence-corrected chi connectivity index (χ0v) is 9.18. The van der Waals surface area contributed by atoms with Crippen LogP contribution in [-0.4, -0.2) is 5.78 Å². The summed E-state index contributed by atoms with van der Waals surface area (Å²) in [5.74, 6) is -7.56. The van der Waals surface area contributed by atoms with Gasteiger partial charge in [-0.3, -0.25) is 4.79 Å². The molecule has 0 bridgehead atoms. The van der Waals surface area contributed by atoms with Crippen molar-refractivity contribution in [3.8, 4) is 0 Å². The summed E-state index contributed by atoms with van der Waals surface area (Å²) in [5, 5.41) is 0. The summed E-state index contributed by atoms with van der Waals surface area (Å²) in [6.45, 7) is 0. The normalized spacial score (nSPS) is 10.6. The number of halogens is 5. The van der Waals surface area contributed by atoms with E-state index in [1.54, 1.807) is 0 Å². The van der Waals surface area contributed by atoms with Crippen LogP contribution in [0.2, 0.25) is 0 Å². The molecule has 0 unspecified atom stereocenters. The van der Waals surface area contributed by atoms with Crippen LogP contribution < -0.4 is 0 Å². The highest BCUT2D eigenvalue weighted by atomic mass is 19.2. The number of carbonyl (C=O) groups excluding carboxylic acids is 1. The molecule has 0 amide bonds. The van der Waals surface area contributed by atoms with E-state index in [9.17, 15) is 26.7 Å². The summed E-state index contributed by atoms with van der Waals surface area (Å²) in [4.78, 5) is 11.8. The summed E-state index contributed by atoms with van der Waals surface area (Å²) in [6.07, 6.45) is 0. The second kappa shape index (κ2) is 4.79. The molecule has 0 spiro atoms. The minimum atomic E-state index is -1.46. The van der Waals surface area contributed by atoms with E-state index in [0.29, 0.717) is 12.1 Å². The quantitative estimate of drug-likeness (QED) is 0.463. The molecule has 0 aliphatic heterocycles. The van der Waals surface area contributed by atoms with E-state index in [4.69, 9.17) is 0 Å². The molecular formula is C13H5F5O. The molecule has 0 N–H and O–H groups in total. The van der Waals surface area contributed by atoms with Crippen molar-refractivity contribution in [3.05, 3.63) is 70.5 Å². The third kappa shape index (κ3) is 2.47. The van der Waals surface area contributed by atoms with Gasteiger partial charge in [0.25, 0.3) is 0 Å². The van der Waals surface area contributed by atoms with Crippen LogP contribution in [0, 0.1) is 29.1 Å². The molecule has 0 saturated heterocycles. The molecule has 0 heterocycles. The van der Waals surface area contributed by atoms with Crippen LogP contribution in [0.5, 0.6) is 0 Å². The zero-order chi connectivity index (χ0) is 14.2. The van der Waals surface area contributed by atoms with Crippen LogP contribution in [0.1, 0.15) is 15.9 Å². The number of benzene rings is 2. The topological polar surface area (TPSA) is 17.1 Å².